The lowest BCUT2D eigenvalue weighted by Crippen LogP contribution is -2.13. The fraction of sp³-hybridized carbons (Fsp3) is 0.375. The monoisotopic (exact) mass is 191 g/mol. The van der Waals surface area contributed by atoms with Gasteiger partial charge in [-0.1, -0.05) is 18.5 Å². The van der Waals surface area contributed by atoms with Gasteiger partial charge in [-0.25, -0.2) is 0 Å². The molecule has 0 aromatic carbocycles. The number of halogens is 3. The molecule has 0 aliphatic heterocycles. The molecule has 1 aromatic heterocycles. The van der Waals surface area contributed by atoms with Crippen LogP contribution in [0.25, 0.3) is 0 Å². The highest BCUT2D eigenvalue weighted by molar-refractivity contribution is 6.30. The van der Waals surface area contributed by atoms with E-state index in [4.69, 9.17) is 11.6 Å². The van der Waals surface area contributed by atoms with E-state index in [2.05, 4.69) is 4.98 Å². The molecule has 1 aromatic rings. The zero-order valence-electron chi connectivity index (χ0n) is 6.52. The maximum Gasteiger partial charge on any atom is 0.289 e. The summed E-state index contributed by atoms with van der Waals surface area (Å²) in [6, 6.07) is 2.65. The van der Waals surface area contributed by atoms with Gasteiger partial charge in [-0.3, -0.25) is 4.98 Å². The third-order valence-electron chi connectivity index (χ3n) is 1.55. The second-order valence-electron chi connectivity index (χ2n) is 2.42. The molecule has 0 bridgehead atoms. The second-order valence-corrected chi connectivity index (χ2v) is 2.86. The minimum absolute atomic E-state index is 0.227. The molecule has 0 saturated heterocycles. The van der Waals surface area contributed by atoms with Gasteiger partial charge in [0.25, 0.3) is 5.92 Å². The van der Waals surface area contributed by atoms with Gasteiger partial charge in [-0.2, -0.15) is 8.78 Å². The van der Waals surface area contributed by atoms with E-state index in [0.29, 0.717) is 5.02 Å². The van der Waals surface area contributed by atoms with Crippen LogP contribution in [0.5, 0.6) is 0 Å². The first-order valence-corrected chi connectivity index (χ1v) is 3.94. The Balaban J connectivity index is 2.96. The van der Waals surface area contributed by atoms with Crippen molar-refractivity contribution in [2.24, 2.45) is 0 Å². The smallest absolute Gasteiger partial charge is 0.253 e. The highest BCUT2D eigenvalue weighted by atomic mass is 35.5. The highest BCUT2D eigenvalue weighted by Crippen LogP contribution is 2.29. The van der Waals surface area contributed by atoms with Crippen LogP contribution in [-0.4, -0.2) is 4.98 Å². The van der Waals surface area contributed by atoms with Crippen LogP contribution in [0.2, 0.25) is 5.02 Å². The van der Waals surface area contributed by atoms with Gasteiger partial charge in [-0.05, 0) is 12.1 Å². The van der Waals surface area contributed by atoms with Gasteiger partial charge in [-0.15, -0.1) is 0 Å². The summed E-state index contributed by atoms with van der Waals surface area (Å²) in [5.41, 5.74) is -0.227. The molecule has 4 heteroatoms. The Bertz CT molecular complexity index is 258. The molecule has 0 spiro atoms. The molecule has 12 heavy (non-hydrogen) atoms. The third-order valence-corrected chi connectivity index (χ3v) is 1.77. The molecule has 0 fully saturated rings. The van der Waals surface area contributed by atoms with Crippen LogP contribution < -0.4 is 0 Å². The summed E-state index contributed by atoms with van der Waals surface area (Å²) >= 11 is 5.50. The van der Waals surface area contributed by atoms with Crippen molar-refractivity contribution in [3.8, 4) is 0 Å². The van der Waals surface area contributed by atoms with Crippen molar-refractivity contribution in [2.45, 2.75) is 19.3 Å². The maximum absolute atomic E-state index is 12.9. The Morgan fingerprint density at radius 1 is 1.50 bits per heavy atom. The van der Waals surface area contributed by atoms with E-state index in [9.17, 15) is 8.78 Å². The third kappa shape index (κ3) is 1.91. The van der Waals surface area contributed by atoms with Crippen molar-refractivity contribution in [1.29, 1.82) is 0 Å². The molecular weight excluding hydrogens is 184 g/mol. The number of alkyl halides is 2. The van der Waals surface area contributed by atoms with Crippen molar-refractivity contribution in [3.63, 3.8) is 0 Å². The summed E-state index contributed by atoms with van der Waals surface area (Å²) in [4.78, 5) is 3.54. The quantitative estimate of drug-likeness (QED) is 0.700. The lowest BCUT2D eigenvalue weighted by atomic mass is 10.2. The highest BCUT2D eigenvalue weighted by Gasteiger charge is 2.30. The maximum atomic E-state index is 12.9. The predicted octanol–water partition coefficient (Wildman–Crippen LogP) is 3.24. The fourth-order valence-electron chi connectivity index (χ4n) is 0.773. The molecule has 0 aliphatic carbocycles. The van der Waals surface area contributed by atoms with Gasteiger partial charge in [0, 0.05) is 12.6 Å². The Kier molecular flexibility index (Phi) is 2.62. The van der Waals surface area contributed by atoms with Crippen molar-refractivity contribution >= 4 is 11.6 Å². The molecule has 0 unspecified atom stereocenters. The lowest BCUT2D eigenvalue weighted by molar-refractivity contribution is -0.0127. The summed E-state index contributed by atoms with van der Waals surface area (Å²) in [5, 5.41) is 0.366. The zero-order valence-corrected chi connectivity index (χ0v) is 7.28. The number of aromatic nitrogens is 1. The predicted molar refractivity (Wildman–Crippen MR) is 43.4 cm³/mol. The minimum Gasteiger partial charge on any atom is -0.253 e. The first-order chi connectivity index (χ1) is 5.56. The van der Waals surface area contributed by atoms with Crippen LogP contribution >= 0.6 is 11.6 Å². The fourth-order valence-corrected chi connectivity index (χ4v) is 0.885. The van der Waals surface area contributed by atoms with Crippen LogP contribution in [0.15, 0.2) is 18.3 Å². The van der Waals surface area contributed by atoms with Crippen molar-refractivity contribution < 1.29 is 8.78 Å². The molecule has 1 heterocycles. The average molecular weight is 192 g/mol. The molecule has 0 N–H and O–H groups in total. The van der Waals surface area contributed by atoms with Crippen LogP contribution in [-0.2, 0) is 5.92 Å². The zero-order chi connectivity index (χ0) is 9.19. The molecule has 0 saturated carbocycles. The molecule has 1 rings (SSSR count). The number of rotatable bonds is 2. The number of hydrogen-bond donors (Lipinski definition) is 0. The van der Waals surface area contributed by atoms with E-state index in [1.165, 1.54) is 25.3 Å². The van der Waals surface area contributed by atoms with Gasteiger partial charge >= 0.3 is 0 Å². The standard InChI is InChI=1S/C8H8ClF2N/c1-2-8(10,11)7-4-3-6(9)5-12-7/h3-5H,2H2,1H3. The second kappa shape index (κ2) is 3.35. The Hall–Kier alpha value is -0.700. The SMILES string of the molecule is CCC(F)(F)c1ccc(Cl)cn1. The molecular formula is C8H8ClF2N. The summed E-state index contributed by atoms with van der Waals surface area (Å²) in [6.07, 6.45) is 0.974. The van der Waals surface area contributed by atoms with Crippen LogP contribution in [0, 0.1) is 0 Å². The Morgan fingerprint density at radius 3 is 2.58 bits per heavy atom. The summed E-state index contributed by atoms with van der Waals surface area (Å²) in [5.74, 6) is -2.84. The average Bonchev–Trinajstić information content (AvgIpc) is 2.05. The van der Waals surface area contributed by atoms with Crippen molar-refractivity contribution in [2.75, 3.05) is 0 Å². The van der Waals surface area contributed by atoms with Crippen molar-refractivity contribution in [1.82, 2.24) is 4.98 Å². The van der Waals surface area contributed by atoms with Crippen LogP contribution in [0.3, 0.4) is 0 Å². The topological polar surface area (TPSA) is 12.9 Å². The van der Waals surface area contributed by atoms with Gasteiger partial charge in [0.2, 0.25) is 0 Å². The van der Waals surface area contributed by atoms with E-state index in [1.807, 2.05) is 0 Å². The number of nitrogens with zero attached hydrogens (tertiary/aromatic N) is 1. The van der Waals surface area contributed by atoms with E-state index in [0.717, 1.165) is 0 Å². The van der Waals surface area contributed by atoms with E-state index in [1.54, 1.807) is 0 Å². The normalized spacial score (nSPS) is 11.7. The molecule has 0 atom stereocenters. The van der Waals surface area contributed by atoms with Crippen molar-refractivity contribution in [3.05, 3.63) is 29.0 Å². The van der Waals surface area contributed by atoms with E-state index < -0.39 is 5.92 Å². The van der Waals surface area contributed by atoms with Gasteiger partial charge in [0.15, 0.2) is 0 Å². The van der Waals surface area contributed by atoms with Gasteiger partial charge in [0.05, 0.1) is 5.02 Å². The summed E-state index contributed by atoms with van der Waals surface area (Å²) in [7, 11) is 0. The van der Waals surface area contributed by atoms with Crippen LogP contribution in [0.4, 0.5) is 8.78 Å². The molecule has 1 nitrogen and oxygen atoms in total. The Labute approximate surface area is 74.4 Å². The minimum atomic E-state index is -2.84. The summed E-state index contributed by atoms with van der Waals surface area (Å²) < 4.78 is 25.8. The molecule has 0 aliphatic rings. The first kappa shape index (κ1) is 9.39. The number of hydrogen-bond acceptors (Lipinski definition) is 1. The lowest BCUT2D eigenvalue weighted by Gasteiger charge is -2.12. The van der Waals surface area contributed by atoms with E-state index >= 15 is 0 Å². The van der Waals surface area contributed by atoms with Gasteiger partial charge < -0.3 is 0 Å². The van der Waals surface area contributed by atoms with Crippen LogP contribution in [0.1, 0.15) is 19.0 Å². The molecule has 0 amide bonds. The van der Waals surface area contributed by atoms with Gasteiger partial charge in [0.1, 0.15) is 5.69 Å². The largest absolute Gasteiger partial charge is 0.289 e. The first-order valence-electron chi connectivity index (χ1n) is 3.56. The van der Waals surface area contributed by atoms with E-state index in [-0.39, 0.29) is 12.1 Å². The molecule has 66 valence electrons. The number of pyridine rings is 1. The molecule has 0 radical (unpaired) electrons. The summed E-state index contributed by atoms with van der Waals surface area (Å²) in [6.45, 7) is 1.41. The Morgan fingerprint density at radius 2 is 2.17 bits per heavy atom.